The van der Waals surface area contributed by atoms with E-state index in [1.807, 2.05) is 42.8 Å². The zero-order chi connectivity index (χ0) is 12.1. The summed E-state index contributed by atoms with van der Waals surface area (Å²) in [5.74, 6) is -0.184. The highest BCUT2D eigenvalue weighted by Gasteiger charge is 2.32. The van der Waals surface area contributed by atoms with Crippen LogP contribution in [-0.2, 0) is 16.0 Å². The van der Waals surface area contributed by atoms with Crippen molar-refractivity contribution in [2.75, 3.05) is 11.8 Å². The van der Waals surface area contributed by atoms with Gasteiger partial charge in [-0.05, 0) is 21.0 Å². The molecule has 88 valence electrons. The molecule has 0 aliphatic carbocycles. The molecule has 0 saturated heterocycles. The topological polar surface area (TPSA) is 29.5 Å². The second-order valence-electron chi connectivity index (χ2n) is 3.28. The number of ether oxygens (including phenoxy) is 1. The van der Waals surface area contributed by atoms with E-state index in [-0.39, 0.29) is 12.0 Å². The van der Waals surface area contributed by atoms with E-state index in [4.69, 9.17) is 4.74 Å². The minimum atomic E-state index is -0.192. The van der Waals surface area contributed by atoms with Crippen molar-refractivity contribution in [1.82, 2.24) is 0 Å². The number of rotatable bonds is 1. The fourth-order valence-electron chi connectivity index (χ4n) is 1.74. The van der Waals surface area contributed by atoms with Gasteiger partial charge in [-0.2, -0.15) is 0 Å². The molecule has 0 amide bonds. The van der Waals surface area contributed by atoms with Crippen LogP contribution in [0.25, 0.3) is 0 Å². The summed E-state index contributed by atoms with van der Waals surface area (Å²) in [4.78, 5) is 11.4. The number of nitrogens with zero attached hydrogens (tertiary/aromatic N) is 1. The highest BCUT2D eigenvalue weighted by atomic mass is 31.0. The summed E-state index contributed by atoms with van der Waals surface area (Å²) in [5, 5.41) is 0. The molecule has 2 atom stereocenters. The molecule has 1 aliphatic heterocycles. The first-order valence-electron chi connectivity index (χ1n) is 5.43. The minimum Gasteiger partial charge on any atom is -0.467 e. The van der Waals surface area contributed by atoms with Gasteiger partial charge in [-0.1, -0.05) is 32.0 Å². The lowest BCUT2D eigenvalue weighted by Crippen LogP contribution is -2.32. The monoisotopic (exact) mass is 239 g/mol. The number of para-hydroxylation sites is 1. The molecule has 3 nitrogen and oxygen atoms in total. The van der Waals surface area contributed by atoms with Gasteiger partial charge in [-0.15, -0.1) is 0 Å². The molecule has 0 spiro atoms. The maximum absolute atomic E-state index is 11.4. The lowest BCUT2D eigenvalue weighted by Gasteiger charge is -2.19. The largest absolute Gasteiger partial charge is 0.467 e. The Kier molecular flexibility index (Phi) is 4.75. The fourth-order valence-corrected chi connectivity index (χ4v) is 2.22. The van der Waals surface area contributed by atoms with Crippen molar-refractivity contribution in [2.45, 2.75) is 26.3 Å². The Labute approximate surface area is 99.0 Å². The molecule has 1 aromatic carbocycles. The Balaban J connectivity index is 0.000000606. The van der Waals surface area contributed by atoms with Gasteiger partial charge < -0.3 is 9.41 Å². The summed E-state index contributed by atoms with van der Waals surface area (Å²) in [6, 6.07) is 7.80. The molecule has 16 heavy (non-hydrogen) atoms. The van der Waals surface area contributed by atoms with Crippen LogP contribution in [0, 0.1) is 0 Å². The van der Waals surface area contributed by atoms with E-state index < -0.39 is 0 Å². The van der Waals surface area contributed by atoms with Gasteiger partial charge in [-0.3, -0.25) is 0 Å². The minimum absolute atomic E-state index is 0.184. The maximum Gasteiger partial charge on any atom is 0.329 e. The lowest BCUT2D eigenvalue weighted by atomic mass is 10.1. The van der Waals surface area contributed by atoms with Gasteiger partial charge in [0.2, 0.25) is 0 Å². The number of hydrogen-bond donors (Lipinski definition) is 0. The van der Waals surface area contributed by atoms with Gasteiger partial charge in [0, 0.05) is 12.1 Å². The number of anilines is 1. The zero-order valence-electron chi connectivity index (χ0n) is 9.93. The smallest absolute Gasteiger partial charge is 0.329 e. The highest BCUT2D eigenvalue weighted by Crippen LogP contribution is 2.34. The van der Waals surface area contributed by atoms with Gasteiger partial charge in [0.25, 0.3) is 0 Å². The normalized spacial score (nSPS) is 17.2. The number of carbonyl (C=O) groups excluding carboxylic acids is 1. The summed E-state index contributed by atoms with van der Waals surface area (Å²) in [6.45, 7) is 4.00. The zero-order valence-corrected chi connectivity index (χ0v) is 11.1. The fraction of sp³-hybridized carbons (Fsp3) is 0.417. The van der Waals surface area contributed by atoms with Crippen LogP contribution in [0.15, 0.2) is 24.3 Å². The second-order valence-corrected chi connectivity index (χ2v) is 3.84. The molecular formula is C12H18NO2P. The third-order valence-electron chi connectivity index (χ3n) is 2.49. The molecule has 2 unspecified atom stereocenters. The molecule has 0 aromatic heterocycles. The molecule has 1 heterocycles. The van der Waals surface area contributed by atoms with E-state index in [0.717, 1.165) is 12.1 Å². The molecule has 0 saturated carbocycles. The van der Waals surface area contributed by atoms with Crippen molar-refractivity contribution < 1.29 is 9.53 Å². The molecule has 0 N–H and O–H groups in total. The van der Waals surface area contributed by atoms with Crippen molar-refractivity contribution in [3.05, 3.63) is 29.8 Å². The van der Waals surface area contributed by atoms with Crippen molar-refractivity contribution in [3.63, 3.8) is 0 Å². The average molecular weight is 239 g/mol. The van der Waals surface area contributed by atoms with Gasteiger partial charge >= 0.3 is 5.97 Å². The van der Waals surface area contributed by atoms with Crippen molar-refractivity contribution in [1.29, 1.82) is 0 Å². The van der Waals surface area contributed by atoms with Crippen LogP contribution in [-0.4, -0.2) is 19.1 Å². The second kappa shape index (κ2) is 5.86. The number of hydrogen-bond acceptors (Lipinski definition) is 3. The number of carbonyl (C=O) groups is 1. The Morgan fingerprint density at radius 2 is 2.06 bits per heavy atom. The Hall–Kier alpha value is -1.08. The third kappa shape index (κ3) is 2.35. The molecule has 2 rings (SSSR count). The lowest BCUT2D eigenvalue weighted by molar-refractivity contribution is -0.141. The summed E-state index contributed by atoms with van der Waals surface area (Å²) in [7, 11) is 3.99. The molecule has 0 fully saturated rings. The molecule has 1 aliphatic rings. The SMILES string of the molecule is CC.COC(=O)C1Cc2ccccc2N1P. The Morgan fingerprint density at radius 3 is 2.62 bits per heavy atom. The predicted octanol–water partition coefficient (Wildman–Crippen LogP) is 2.41. The Bertz CT molecular complexity index is 368. The molecule has 0 radical (unpaired) electrons. The van der Waals surface area contributed by atoms with Gasteiger partial charge in [0.15, 0.2) is 0 Å². The summed E-state index contributed by atoms with van der Waals surface area (Å²) in [6.07, 6.45) is 0.729. The summed E-state index contributed by atoms with van der Waals surface area (Å²) < 4.78 is 6.63. The van der Waals surface area contributed by atoms with E-state index in [2.05, 4.69) is 9.39 Å². The van der Waals surface area contributed by atoms with E-state index >= 15 is 0 Å². The van der Waals surface area contributed by atoms with E-state index in [1.165, 1.54) is 12.7 Å². The first-order chi connectivity index (χ1) is 7.74. The molecule has 1 aromatic rings. The molecular weight excluding hydrogens is 221 g/mol. The maximum atomic E-state index is 11.4. The van der Waals surface area contributed by atoms with E-state index in [1.54, 1.807) is 0 Å². The van der Waals surface area contributed by atoms with Crippen LogP contribution in [0.5, 0.6) is 0 Å². The molecule has 0 bridgehead atoms. The van der Waals surface area contributed by atoms with E-state index in [9.17, 15) is 4.79 Å². The van der Waals surface area contributed by atoms with Gasteiger partial charge in [-0.25, -0.2) is 4.79 Å². The highest BCUT2D eigenvalue weighted by molar-refractivity contribution is 7.19. The summed E-state index contributed by atoms with van der Waals surface area (Å²) >= 11 is 0. The first kappa shape index (κ1) is 13.0. The average Bonchev–Trinajstić information content (AvgIpc) is 2.69. The van der Waals surface area contributed by atoms with Crippen LogP contribution in [0.2, 0.25) is 0 Å². The van der Waals surface area contributed by atoms with Gasteiger partial charge in [0.1, 0.15) is 6.04 Å². The quantitative estimate of drug-likeness (QED) is 0.556. The van der Waals surface area contributed by atoms with Crippen molar-refractivity contribution >= 4 is 21.0 Å². The first-order valence-corrected chi connectivity index (χ1v) is 5.95. The van der Waals surface area contributed by atoms with Crippen molar-refractivity contribution in [2.24, 2.45) is 0 Å². The summed E-state index contributed by atoms with van der Waals surface area (Å²) in [5.41, 5.74) is 2.28. The Morgan fingerprint density at radius 1 is 1.44 bits per heavy atom. The molecule has 4 heteroatoms. The van der Waals surface area contributed by atoms with Crippen LogP contribution in [0.4, 0.5) is 5.69 Å². The number of methoxy groups -OCH3 is 1. The van der Waals surface area contributed by atoms with Crippen LogP contribution in [0.1, 0.15) is 19.4 Å². The van der Waals surface area contributed by atoms with Gasteiger partial charge in [0.05, 0.1) is 7.11 Å². The predicted molar refractivity (Wildman–Crippen MR) is 69.5 cm³/mol. The standard InChI is InChI=1S/C10H12NO2P.C2H6/c1-13-10(12)9-6-7-4-2-3-5-8(7)11(9)14;1-2/h2-5,9H,6,14H2,1H3;1-2H3. The third-order valence-corrected chi connectivity index (χ3v) is 3.13. The number of benzene rings is 1. The number of fused-ring (bicyclic) bond motifs is 1. The van der Waals surface area contributed by atoms with Crippen LogP contribution < -0.4 is 4.67 Å². The van der Waals surface area contributed by atoms with Crippen LogP contribution >= 0.6 is 9.39 Å². The van der Waals surface area contributed by atoms with Crippen LogP contribution in [0.3, 0.4) is 0 Å². The van der Waals surface area contributed by atoms with Crippen molar-refractivity contribution in [3.8, 4) is 0 Å². The van der Waals surface area contributed by atoms with E-state index in [0.29, 0.717) is 0 Å². The number of esters is 1.